The summed E-state index contributed by atoms with van der Waals surface area (Å²) in [6, 6.07) is 12.0. The molecule has 3 rings (SSSR count). The fourth-order valence-corrected chi connectivity index (χ4v) is 5.25. The van der Waals surface area contributed by atoms with Crippen molar-refractivity contribution in [2.24, 2.45) is 0 Å². The maximum absolute atomic E-state index is 13.0. The Morgan fingerprint density at radius 2 is 1.52 bits per heavy atom. The van der Waals surface area contributed by atoms with Gasteiger partial charge in [0.2, 0.25) is 10.0 Å². The number of rotatable bonds is 8. The summed E-state index contributed by atoms with van der Waals surface area (Å²) >= 11 is 0. The van der Waals surface area contributed by atoms with Gasteiger partial charge in [0.15, 0.2) is 0 Å². The maximum atomic E-state index is 13.0. The summed E-state index contributed by atoms with van der Waals surface area (Å²) in [7, 11) is -3.74. The van der Waals surface area contributed by atoms with Crippen LogP contribution in [0.3, 0.4) is 0 Å². The van der Waals surface area contributed by atoms with Crippen LogP contribution in [0.5, 0.6) is 5.75 Å². The fraction of sp³-hybridized carbons (Fsp3) is 0.391. The molecule has 1 fully saturated rings. The van der Waals surface area contributed by atoms with Gasteiger partial charge in [-0.15, -0.1) is 0 Å². The monoisotopic (exact) mass is 475 g/mol. The van der Waals surface area contributed by atoms with Crippen molar-refractivity contribution in [1.29, 1.82) is 0 Å². The summed E-state index contributed by atoms with van der Waals surface area (Å²) < 4.78 is 33.1. The van der Waals surface area contributed by atoms with E-state index in [1.54, 1.807) is 24.3 Å². The normalized spacial score (nSPS) is 19.1. The second-order valence-electron chi connectivity index (χ2n) is 8.02. The molecule has 2 unspecified atom stereocenters. The van der Waals surface area contributed by atoms with Crippen LogP contribution < -0.4 is 10.6 Å². The first kappa shape index (κ1) is 24.7. The molecular formula is C23H29N3O6S. The summed E-state index contributed by atoms with van der Waals surface area (Å²) in [6.07, 6.45) is 0.0730. The average Bonchev–Trinajstić information content (AvgIpc) is 2.78. The van der Waals surface area contributed by atoms with Crippen molar-refractivity contribution in [3.05, 3.63) is 59.7 Å². The summed E-state index contributed by atoms with van der Waals surface area (Å²) in [5, 5.41) is 14.9. The summed E-state index contributed by atoms with van der Waals surface area (Å²) in [4.78, 5) is 24.6. The highest BCUT2D eigenvalue weighted by Gasteiger charge is 2.32. The number of nitrogens with one attached hydrogen (secondary N) is 2. The molecule has 2 amide bonds. The zero-order valence-corrected chi connectivity index (χ0v) is 19.5. The number of amides is 2. The lowest BCUT2D eigenvalue weighted by atomic mass is 10.2. The van der Waals surface area contributed by atoms with Crippen LogP contribution in [-0.2, 0) is 14.8 Å². The van der Waals surface area contributed by atoms with Gasteiger partial charge >= 0.3 is 0 Å². The van der Waals surface area contributed by atoms with Crippen molar-refractivity contribution >= 4 is 21.8 Å². The van der Waals surface area contributed by atoms with Crippen molar-refractivity contribution in [2.45, 2.75) is 37.4 Å². The van der Waals surface area contributed by atoms with Crippen LogP contribution in [0.15, 0.2) is 53.4 Å². The quantitative estimate of drug-likeness (QED) is 0.500. The van der Waals surface area contributed by atoms with Gasteiger partial charge in [-0.3, -0.25) is 9.59 Å². The molecule has 33 heavy (non-hydrogen) atoms. The highest BCUT2D eigenvalue weighted by atomic mass is 32.2. The van der Waals surface area contributed by atoms with Gasteiger partial charge in [-0.25, -0.2) is 8.42 Å². The van der Waals surface area contributed by atoms with Crippen molar-refractivity contribution in [1.82, 2.24) is 14.9 Å². The molecule has 10 heteroatoms. The average molecular weight is 476 g/mol. The predicted molar refractivity (Wildman–Crippen MR) is 123 cm³/mol. The molecule has 1 heterocycles. The van der Waals surface area contributed by atoms with Crippen LogP contribution in [0.2, 0.25) is 0 Å². The van der Waals surface area contributed by atoms with Gasteiger partial charge in [-0.1, -0.05) is 12.1 Å². The molecule has 2 aromatic carbocycles. The molecule has 1 aliphatic rings. The Morgan fingerprint density at radius 1 is 0.970 bits per heavy atom. The predicted octanol–water partition coefficient (Wildman–Crippen LogP) is 1.74. The number of carbonyl (C=O) groups excluding carboxylic acids is 2. The molecule has 0 spiro atoms. The Hall–Kier alpha value is -2.95. The fourth-order valence-electron chi connectivity index (χ4n) is 3.62. The third kappa shape index (κ3) is 6.53. The van der Waals surface area contributed by atoms with Gasteiger partial charge in [0.1, 0.15) is 5.75 Å². The highest BCUT2D eigenvalue weighted by molar-refractivity contribution is 7.89. The minimum atomic E-state index is -3.74. The molecule has 3 N–H and O–H groups in total. The lowest BCUT2D eigenvalue weighted by Crippen LogP contribution is -2.48. The van der Waals surface area contributed by atoms with Crippen LogP contribution in [-0.4, -0.2) is 68.0 Å². The molecule has 2 aromatic rings. The Balaban J connectivity index is 1.52. The van der Waals surface area contributed by atoms with Crippen LogP contribution in [0.1, 0.15) is 41.0 Å². The standard InChI is InChI=1S/C23H29N3O6S/c1-16-14-26(15-17(2)32-16)33(30,31)21-9-4-7-19(13-21)23(29)25-11-5-10-24-22(28)18-6-3-8-20(27)12-18/h3-4,6-9,12-13,16-17,27H,5,10-11,14-15H2,1-2H3,(H,24,28)(H,25,29). The zero-order valence-electron chi connectivity index (χ0n) is 18.7. The maximum Gasteiger partial charge on any atom is 0.251 e. The van der Waals surface area contributed by atoms with Crippen molar-refractivity contribution < 1.29 is 27.9 Å². The van der Waals surface area contributed by atoms with Gasteiger partial charge in [-0.2, -0.15) is 4.31 Å². The lowest BCUT2D eigenvalue weighted by Gasteiger charge is -2.34. The van der Waals surface area contributed by atoms with Gasteiger partial charge < -0.3 is 20.5 Å². The Morgan fingerprint density at radius 3 is 2.09 bits per heavy atom. The number of phenols is 1. The Labute approximate surface area is 193 Å². The van der Waals surface area contributed by atoms with E-state index in [9.17, 15) is 23.1 Å². The SMILES string of the molecule is CC1CN(S(=O)(=O)c2cccc(C(=O)NCCCNC(=O)c3cccc(O)c3)c2)CC(C)O1. The Bertz CT molecular complexity index is 1090. The van der Waals surface area contributed by atoms with E-state index in [1.165, 1.54) is 28.6 Å². The number of aromatic hydroxyl groups is 1. The molecule has 0 bridgehead atoms. The summed E-state index contributed by atoms with van der Waals surface area (Å²) in [5.41, 5.74) is 0.593. The zero-order chi connectivity index (χ0) is 24.0. The van der Waals surface area contributed by atoms with E-state index in [1.807, 2.05) is 13.8 Å². The molecule has 1 aliphatic heterocycles. The van der Waals surface area contributed by atoms with Gasteiger partial charge in [0, 0.05) is 37.3 Å². The van der Waals surface area contributed by atoms with Crippen LogP contribution in [0.4, 0.5) is 0 Å². The minimum Gasteiger partial charge on any atom is -0.508 e. The third-order valence-electron chi connectivity index (χ3n) is 5.15. The lowest BCUT2D eigenvalue weighted by molar-refractivity contribution is -0.0440. The first-order valence-electron chi connectivity index (χ1n) is 10.8. The molecule has 9 nitrogen and oxygen atoms in total. The number of phenolic OH excluding ortho intramolecular Hbond substituents is 1. The van der Waals surface area contributed by atoms with Crippen molar-refractivity contribution in [2.75, 3.05) is 26.2 Å². The number of nitrogens with zero attached hydrogens (tertiary/aromatic N) is 1. The molecule has 0 aliphatic carbocycles. The molecule has 1 saturated heterocycles. The van der Waals surface area contributed by atoms with Crippen LogP contribution in [0.25, 0.3) is 0 Å². The van der Waals surface area contributed by atoms with E-state index < -0.39 is 15.9 Å². The number of morpholine rings is 1. The van der Waals surface area contributed by atoms with E-state index in [4.69, 9.17) is 4.74 Å². The first-order chi connectivity index (χ1) is 15.7. The second-order valence-corrected chi connectivity index (χ2v) is 9.96. The molecule has 0 radical (unpaired) electrons. The van der Waals surface area contributed by atoms with E-state index in [-0.39, 0.29) is 47.4 Å². The van der Waals surface area contributed by atoms with Crippen molar-refractivity contribution in [3.8, 4) is 5.75 Å². The smallest absolute Gasteiger partial charge is 0.251 e. The summed E-state index contributed by atoms with van der Waals surface area (Å²) in [5.74, 6) is -0.700. The van der Waals surface area contributed by atoms with Crippen LogP contribution in [0, 0.1) is 0 Å². The number of carbonyl (C=O) groups is 2. The number of benzene rings is 2. The first-order valence-corrected chi connectivity index (χ1v) is 12.2. The third-order valence-corrected chi connectivity index (χ3v) is 6.98. The van der Waals surface area contributed by atoms with E-state index in [0.717, 1.165) is 0 Å². The van der Waals surface area contributed by atoms with E-state index in [0.29, 0.717) is 25.1 Å². The van der Waals surface area contributed by atoms with E-state index >= 15 is 0 Å². The van der Waals surface area contributed by atoms with Crippen LogP contribution >= 0.6 is 0 Å². The number of hydrogen-bond donors (Lipinski definition) is 3. The van der Waals surface area contributed by atoms with E-state index in [2.05, 4.69) is 10.6 Å². The molecule has 0 aromatic heterocycles. The summed E-state index contributed by atoms with van der Waals surface area (Å²) in [6.45, 7) is 4.81. The van der Waals surface area contributed by atoms with Gasteiger partial charge in [0.05, 0.1) is 17.1 Å². The van der Waals surface area contributed by atoms with Crippen molar-refractivity contribution in [3.63, 3.8) is 0 Å². The van der Waals surface area contributed by atoms with Gasteiger partial charge in [0.25, 0.3) is 11.8 Å². The minimum absolute atomic E-state index is 0.0109. The molecule has 178 valence electrons. The second kappa shape index (κ2) is 10.8. The largest absolute Gasteiger partial charge is 0.508 e. The molecule has 2 atom stereocenters. The molecular weight excluding hydrogens is 446 g/mol. The Kier molecular flexibility index (Phi) is 8.06. The van der Waals surface area contributed by atoms with Gasteiger partial charge in [-0.05, 0) is 56.7 Å². The topological polar surface area (TPSA) is 125 Å². The number of sulfonamides is 1. The number of hydrogen-bond acceptors (Lipinski definition) is 6. The highest BCUT2D eigenvalue weighted by Crippen LogP contribution is 2.22. The number of ether oxygens (including phenoxy) is 1. The molecule has 0 saturated carbocycles.